The van der Waals surface area contributed by atoms with E-state index in [1.165, 1.54) is 0 Å². The quantitative estimate of drug-likeness (QED) is 0.283. The third kappa shape index (κ3) is 10.1. The molecule has 7 nitrogen and oxygen atoms in total. The summed E-state index contributed by atoms with van der Waals surface area (Å²) in [6, 6.07) is 14.3. The van der Waals surface area contributed by atoms with Crippen molar-refractivity contribution in [2.24, 2.45) is 0 Å². The molecule has 2 unspecified atom stereocenters. The zero-order valence-electron chi connectivity index (χ0n) is 24.1. The number of amides is 3. The van der Waals surface area contributed by atoms with Gasteiger partial charge in [0.2, 0.25) is 11.8 Å². The Morgan fingerprint density at radius 3 is 2.18 bits per heavy atom. The maximum atomic E-state index is 14.3. The number of nitrogens with zero attached hydrogens (tertiary/aromatic N) is 1. The molecule has 0 fully saturated rings. The Kier molecular flexibility index (Phi) is 12.1. The first kappa shape index (κ1) is 31.4. The smallest absolute Gasteiger partial charge is 0.408 e. The molecule has 0 saturated heterocycles. The van der Waals surface area contributed by atoms with Gasteiger partial charge >= 0.3 is 6.09 Å². The summed E-state index contributed by atoms with van der Waals surface area (Å²) < 4.78 is 5.47. The maximum absolute atomic E-state index is 14.3. The van der Waals surface area contributed by atoms with E-state index >= 15 is 0 Å². The summed E-state index contributed by atoms with van der Waals surface area (Å²) >= 11 is 0. The summed E-state index contributed by atoms with van der Waals surface area (Å²) in [7, 11) is 0. The van der Waals surface area contributed by atoms with Gasteiger partial charge in [-0.2, -0.15) is 0 Å². The summed E-state index contributed by atoms with van der Waals surface area (Å²) in [4.78, 5) is 42.2. The van der Waals surface area contributed by atoms with Gasteiger partial charge in [-0.15, -0.1) is 6.42 Å². The standard InChI is InChI=1S/C32H43N3O4/c1-8-10-14-21-33-29(36)28(26-19-17-24(9-2)18-20-26)35(23(3)4)30(37)27(22-25-15-12-11-13-16-25)34-31(38)39-32(5,6)7/h2,11-13,15-20,23,27-28H,8,10,14,21-22H2,1,3-7H3,(H,33,36)(H,34,38). The van der Waals surface area contributed by atoms with Crippen LogP contribution in [0.2, 0.25) is 0 Å². The summed E-state index contributed by atoms with van der Waals surface area (Å²) in [5.41, 5.74) is 1.45. The van der Waals surface area contributed by atoms with Crippen molar-refractivity contribution in [2.45, 2.75) is 91.0 Å². The third-order valence-electron chi connectivity index (χ3n) is 6.08. The fraction of sp³-hybridized carbons (Fsp3) is 0.469. The Bertz CT molecular complexity index is 1110. The molecule has 0 aliphatic carbocycles. The number of rotatable bonds is 12. The first-order valence-electron chi connectivity index (χ1n) is 13.7. The molecule has 0 radical (unpaired) electrons. The Morgan fingerprint density at radius 1 is 1.00 bits per heavy atom. The molecular weight excluding hydrogens is 490 g/mol. The fourth-order valence-corrected chi connectivity index (χ4v) is 4.24. The highest BCUT2D eigenvalue weighted by Crippen LogP contribution is 2.26. The predicted molar refractivity (Wildman–Crippen MR) is 155 cm³/mol. The largest absolute Gasteiger partial charge is 0.444 e. The van der Waals surface area contributed by atoms with E-state index in [2.05, 4.69) is 23.5 Å². The van der Waals surface area contributed by atoms with Crippen LogP contribution in [0.4, 0.5) is 4.79 Å². The van der Waals surface area contributed by atoms with Gasteiger partial charge in [0.05, 0.1) is 0 Å². The van der Waals surface area contributed by atoms with Gasteiger partial charge < -0.3 is 20.3 Å². The predicted octanol–water partition coefficient (Wildman–Crippen LogP) is 5.39. The van der Waals surface area contributed by atoms with Crippen LogP contribution in [-0.4, -0.2) is 47.0 Å². The van der Waals surface area contributed by atoms with Crippen LogP contribution in [0.5, 0.6) is 0 Å². The number of nitrogens with one attached hydrogen (secondary N) is 2. The van der Waals surface area contributed by atoms with E-state index in [4.69, 9.17) is 11.2 Å². The molecule has 2 aromatic carbocycles. The monoisotopic (exact) mass is 533 g/mol. The molecule has 0 aromatic heterocycles. The van der Waals surface area contributed by atoms with Crippen LogP contribution >= 0.6 is 0 Å². The first-order chi connectivity index (χ1) is 18.5. The van der Waals surface area contributed by atoms with Crippen molar-refractivity contribution < 1.29 is 19.1 Å². The van der Waals surface area contributed by atoms with E-state index in [0.717, 1.165) is 24.8 Å². The molecule has 0 spiro atoms. The molecule has 0 aliphatic rings. The minimum Gasteiger partial charge on any atom is -0.444 e. The van der Waals surface area contributed by atoms with Gasteiger partial charge in [-0.3, -0.25) is 9.59 Å². The van der Waals surface area contributed by atoms with Gasteiger partial charge in [0.15, 0.2) is 0 Å². The van der Waals surface area contributed by atoms with E-state index in [0.29, 0.717) is 17.7 Å². The molecule has 2 N–H and O–H groups in total. The van der Waals surface area contributed by atoms with Crippen molar-refractivity contribution >= 4 is 17.9 Å². The lowest BCUT2D eigenvalue weighted by Gasteiger charge is -2.37. The second-order valence-electron chi connectivity index (χ2n) is 10.9. The molecule has 7 heteroatoms. The van der Waals surface area contributed by atoms with Gasteiger partial charge in [-0.05, 0) is 64.3 Å². The zero-order chi connectivity index (χ0) is 29.0. The summed E-state index contributed by atoms with van der Waals surface area (Å²) in [6.45, 7) is 11.6. The van der Waals surface area contributed by atoms with Crippen LogP contribution in [0.25, 0.3) is 0 Å². The van der Waals surface area contributed by atoms with Crippen molar-refractivity contribution in [1.29, 1.82) is 0 Å². The number of carbonyl (C=O) groups excluding carboxylic acids is 3. The lowest BCUT2D eigenvalue weighted by atomic mass is 9.98. The molecule has 2 aromatic rings. The second-order valence-corrected chi connectivity index (χ2v) is 10.9. The molecule has 0 saturated carbocycles. The van der Waals surface area contributed by atoms with E-state index in [1.807, 2.05) is 44.2 Å². The van der Waals surface area contributed by atoms with E-state index in [1.54, 1.807) is 49.9 Å². The average Bonchev–Trinajstić information content (AvgIpc) is 2.88. The van der Waals surface area contributed by atoms with Crippen molar-refractivity contribution in [1.82, 2.24) is 15.5 Å². The number of hydrogen-bond donors (Lipinski definition) is 2. The normalized spacial score (nSPS) is 12.7. The van der Waals surface area contributed by atoms with Gasteiger partial charge in [-0.25, -0.2) is 4.79 Å². The highest BCUT2D eigenvalue weighted by atomic mass is 16.6. The van der Waals surface area contributed by atoms with Gasteiger partial charge in [0.25, 0.3) is 0 Å². The number of hydrogen-bond acceptors (Lipinski definition) is 4. The average molecular weight is 534 g/mol. The summed E-state index contributed by atoms with van der Waals surface area (Å²) in [5, 5.41) is 5.78. The van der Waals surface area contributed by atoms with Crippen molar-refractivity contribution in [2.75, 3.05) is 6.54 Å². The molecule has 0 bridgehead atoms. The molecule has 39 heavy (non-hydrogen) atoms. The Morgan fingerprint density at radius 2 is 1.64 bits per heavy atom. The Hall–Kier alpha value is -3.79. The number of unbranched alkanes of at least 4 members (excludes halogenated alkanes) is 2. The van der Waals surface area contributed by atoms with Crippen LogP contribution < -0.4 is 10.6 Å². The van der Waals surface area contributed by atoms with Gasteiger partial charge in [-0.1, -0.05) is 68.2 Å². The number of benzene rings is 2. The molecule has 2 atom stereocenters. The Balaban J connectivity index is 2.49. The lowest BCUT2D eigenvalue weighted by Crippen LogP contribution is -2.55. The minimum absolute atomic E-state index is 0.239. The molecule has 210 valence electrons. The number of carbonyl (C=O) groups is 3. The van der Waals surface area contributed by atoms with Crippen molar-refractivity contribution in [3.8, 4) is 12.3 Å². The van der Waals surface area contributed by atoms with Crippen molar-refractivity contribution in [3.63, 3.8) is 0 Å². The van der Waals surface area contributed by atoms with Gasteiger partial charge in [0, 0.05) is 24.6 Å². The summed E-state index contributed by atoms with van der Waals surface area (Å²) in [5.74, 6) is 1.93. The maximum Gasteiger partial charge on any atom is 0.408 e. The van der Waals surface area contributed by atoms with E-state index < -0.39 is 23.8 Å². The SMILES string of the molecule is C#Cc1ccc(C(C(=O)NCCCCC)N(C(=O)C(Cc2ccccc2)NC(=O)OC(C)(C)C)C(C)C)cc1. The topological polar surface area (TPSA) is 87.7 Å². The van der Waals surface area contributed by atoms with Crippen LogP contribution in [0, 0.1) is 12.3 Å². The third-order valence-corrected chi connectivity index (χ3v) is 6.08. The van der Waals surface area contributed by atoms with E-state index in [-0.39, 0.29) is 24.3 Å². The zero-order valence-corrected chi connectivity index (χ0v) is 24.1. The van der Waals surface area contributed by atoms with Crippen LogP contribution in [-0.2, 0) is 20.7 Å². The number of alkyl carbamates (subject to hydrolysis) is 1. The van der Waals surface area contributed by atoms with Crippen LogP contribution in [0.1, 0.15) is 83.5 Å². The second kappa shape index (κ2) is 15.0. The first-order valence-corrected chi connectivity index (χ1v) is 13.7. The fourth-order valence-electron chi connectivity index (χ4n) is 4.24. The number of ether oxygens (including phenoxy) is 1. The highest BCUT2D eigenvalue weighted by molar-refractivity contribution is 5.92. The minimum atomic E-state index is -0.954. The van der Waals surface area contributed by atoms with Crippen LogP contribution in [0.15, 0.2) is 54.6 Å². The molecule has 0 heterocycles. The number of terminal acetylenes is 1. The molecular formula is C32H43N3O4. The highest BCUT2D eigenvalue weighted by Gasteiger charge is 2.37. The van der Waals surface area contributed by atoms with Gasteiger partial charge in [0.1, 0.15) is 17.7 Å². The lowest BCUT2D eigenvalue weighted by molar-refractivity contribution is -0.144. The Labute approximate surface area is 233 Å². The van der Waals surface area contributed by atoms with E-state index in [9.17, 15) is 14.4 Å². The van der Waals surface area contributed by atoms with Crippen LogP contribution in [0.3, 0.4) is 0 Å². The summed E-state index contributed by atoms with van der Waals surface area (Å²) in [6.07, 6.45) is 7.95. The molecule has 3 amide bonds. The molecule has 2 rings (SSSR count). The molecule has 0 aliphatic heterocycles. The van der Waals surface area contributed by atoms with Crippen molar-refractivity contribution in [3.05, 3.63) is 71.3 Å².